The minimum absolute atomic E-state index is 0.611. The molecule has 0 unspecified atom stereocenters. The van der Waals surface area contributed by atoms with Gasteiger partial charge in [-0.05, 0) is 47.2 Å². The van der Waals surface area contributed by atoms with Gasteiger partial charge in [-0.15, -0.1) is 5.10 Å². The van der Waals surface area contributed by atoms with Gasteiger partial charge in [0.05, 0.1) is 12.2 Å². The average molecular weight is 355 g/mol. The minimum atomic E-state index is 0.611. The maximum Gasteiger partial charge on any atom is 0.175 e. The number of tetrazole rings is 1. The van der Waals surface area contributed by atoms with Crippen molar-refractivity contribution in [3.8, 4) is 5.69 Å². The highest BCUT2D eigenvalue weighted by Gasteiger charge is 2.14. The predicted octanol–water partition coefficient (Wildman–Crippen LogP) is 4.18. The fourth-order valence-corrected chi connectivity index (χ4v) is 3.04. The van der Waals surface area contributed by atoms with Gasteiger partial charge >= 0.3 is 0 Å². The van der Waals surface area contributed by atoms with Gasteiger partial charge < -0.3 is 4.90 Å². The van der Waals surface area contributed by atoms with Gasteiger partial charge in [0.25, 0.3) is 0 Å². The van der Waals surface area contributed by atoms with Crippen LogP contribution in [0.2, 0.25) is 0 Å². The number of para-hydroxylation sites is 1. The van der Waals surface area contributed by atoms with Crippen LogP contribution in [-0.4, -0.2) is 20.2 Å². The van der Waals surface area contributed by atoms with E-state index in [-0.39, 0.29) is 0 Å². The van der Waals surface area contributed by atoms with Gasteiger partial charge in [-0.25, -0.2) is 0 Å². The molecule has 0 fully saturated rings. The van der Waals surface area contributed by atoms with Crippen molar-refractivity contribution >= 4 is 5.69 Å². The largest absolute Gasteiger partial charge is 0.360 e. The van der Waals surface area contributed by atoms with Crippen molar-refractivity contribution in [3.05, 3.63) is 102 Å². The lowest BCUT2D eigenvalue weighted by atomic mass is 10.1. The smallest absolute Gasteiger partial charge is 0.175 e. The standard InChI is InChI=1S/C22H21N5/c1-18-12-14-20(15-13-18)26(16-19-8-4-2-5-9-19)17-22-23-24-25-27(22)21-10-6-3-7-11-21/h2-15H,16-17H2,1H3. The number of hydrogen-bond donors (Lipinski definition) is 0. The summed E-state index contributed by atoms with van der Waals surface area (Å²) in [5.74, 6) is 0.803. The summed E-state index contributed by atoms with van der Waals surface area (Å²) in [6.07, 6.45) is 0. The van der Waals surface area contributed by atoms with Gasteiger partial charge in [-0.3, -0.25) is 0 Å². The zero-order valence-corrected chi connectivity index (χ0v) is 15.2. The van der Waals surface area contributed by atoms with Crippen LogP contribution in [0.3, 0.4) is 0 Å². The van der Waals surface area contributed by atoms with E-state index in [1.165, 1.54) is 11.1 Å². The molecule has 1 aromatic heterocycles. The first-order valence-electron chi connectivity index (χ1n) is 8.98. The molecule has 0 N–H and O–H groups in total. The molecule has 3 aromatic carbocycles. The first-order valence-corrected chi connectivity index (χ1v) is 8.98. The Labute approximate surface area is 158 Å². The lowest BCUT2D eigenvalue weighted by molar-refractivity contribution is 0.713. The van der Waals surface area contributed by atoms with Gasteiger partial charge in [0, 0.05) is 12.2 Å². The van der Waals surface area contributed by atoms with Crippen LogP contribution in [0.1, 0.15) is 17.0 Å². The first-order chi connectivity index (χ1) is 13.3. The third-order valence-electron chi connectivity index (χ3n) is 4.48. The van der Waals surface area contributed by atoms with Crippen LogP contribution >= 0.6 is 0 Å². The molecule has 134 valence electrons. The summed E-state index contributed by atoms with van der Waals surface area (Å²) in [6, 6.07) is 29.0. The lowest BCUT2D eigenvalue weighted by Gasteiger charge is -2.24. The van der Waals surface area contributed by atoms with Crippen LogP contribution in [-0.2, 0) is 13.1 Å². The second-order valence-corrected chi connectivity index (χ2v) is 6.52. The molecule has 0 atom stereocenters. The topological polar surface area (TPSA) is 46.8 Å². The van der Waals surface area contributed by atoms with E-state index in [2.05, 4.69) is 75.9 Å². The quantitative estimate of drug-likeness (QED) is 0.521. The molecule has 5 nitrogen and oxygen atoms in total. The lowest BCUT2D eigenvalue weighted by Crippen LogP contribution is -2.24. The molecule has 0 bridgehead atoms. The van der Waals surface area contributed by atoms with Gasteiger partial charge in [0.15, 0.2) is 5.82 Å². The predicted molar refractivity (Wildman–Crippen MR) is 107 cm³/mol. The number of nitrogens with zero attached hydrogens (tertiary/aromatic N) is 5. The summed E-state index contributed by atoms with van der Waals surface area (Å²) in [4.78, 5) is 2.29. The van der Waals surface area contributed by atoms with Gasteiger partial charge in [-0.2, -0.15) is 4.68 Å². The normalized spacial score (nSPS) is 10.7. The van der Waals surface area contributed by atoms with Crippen LogP contribution in [0.5, 0.6) is 0 Å². The van der Waals surface area contributed by atoms with Crippen molar-refractivity contribution in [3.63, 3.8) is 0 Å². The summed E-state index contributed by atoms with van der Waals surface area (Å²) in [6.45, 7) is 3.49. The zero-order valence-electron chi connectivity index (χ0n) is 15.2. The maximum atomic E-state index is 4.28. The fourth-order valence-electron chi connectivity index (χ4n) is 3.04. The maximum absolute atomic E-state index is 4.28. The van der Waals surface area contributed by atoms with E-state index in [0.29, 0.717) is 6.54 Å². The van der Waals surface area contributed by atoms with E-state index in [1.807, 2.05) is 36.4 Å². The molecule has 0 aliphatic rings. The van der Waals surface area contributed by atoms with Gasteiger partial charge in [0.2, 0.25) is 0 Å². The van der Waals surface area contributed by atoms with Crippen molar-refractivity contribution in [2.75, 3.05) is 4.90 Å². The molecule has 0 aliphatic heterocycles. The monoisotopic (exact) mass is 355 g/mol. The molecule has 5 heteroatoms. The van der Waals surface area contributed by atoms with E-state index in [0.717, 1.165) is 23.7 Å². The van der Waals surface area contributed by atoms with E-state index in [4.69, 9.17) is 0 Å². The third kappa shape index (κ3) is 4.03. The van der Waals surface area contributed by atoms with Crippen LogP contribution < -0.4 is 4.90 Å². The molecule has 0 saturated carbocycles. The number of aryl methyl sites for hydroxylation is 1. The minimum Gasteiger partial charge on any atom is -0.360 e. The Bertz CT molecular complexity index is 978. The number of rotatable bonds is 6. The van der Waals surface area contributed by atoms with Crippen LogP contribution in [0, 0.1) is 6.92 Å². The molecular formula is C22H21N5. The van der Waals surface area contributed by atoms with E-state index < -0.39 is 0 Å². The summed E-state index contributed by atoms with van der Waals surface area (Å²) in [5, 5.41) is 12.4. The number of anilines is 1. The summed E-state index contributed by atoms with van der Waals surface area (Å²) in [5.41, 5.74) is 4.59. The first kappa shape index (κ1) is 17.0. The SMILES string of the molecule is Cc1ccc(N(Cc2ccccc2)Cc2nnnn2-c2ccccc2)cc1. The van der Waals surface area contributed by atoms with Gasteiger partial charge in [0.1, 0.15) is 0 Å². The van der Waals surface area contributed by atoms with Gasteiger partial charge in [-0.1, -0.05) is 66.2 Å². The molecule has 0 radical (unpaired) electrons. The second kappa shape index (κ2) is 7.83. The average Bonchev–Trinajstić information content (AvgIpc) is 3.18. The molecule has 0 aliphatic carbocycles. The van der Waals surface area contributed by atoms with E-state index >= 15 is 0 Å². The molecule has 27 heavy (non-hydrogen) atoms. The summed E-state index contributed by atoms with van der Waals surface area (Å²) >= 11 is 0. The molecule has 4 rings (SSSR count). The number of aromatic nitrogens is 4. The van der Waals surface area contributed by atoms with Crippen molar-refractivity contribution < 1.29 is 0 Å². The molecule has 1 heterocycles. The fraction of sp³-hybridized carbons (Fsp3) is 0.136. The Balaban J connectivity index is 1.66. The highest BCUT2D eigenvalue weighted by atomic mass is 15.5. The molecule has 4 aromatic rings. The van der Waals surface area contributed by atoms with Crippen LogP contribution in [0.15, 0.2) is 84.9 Å². The third-order valence-corrected chi connectivity index (χ3v) is 4.48. The van der Waals surface area contributed by atoms with E-state index in [9.17, 15) is 0 Å². The number of hydrogen-bond acceptors (Lipinski definition) is 4. The molecule has 0 amide bonds. The summed E-state index contributed by atoms with van der Waals surface area (Å²) in [7, 11) is 0. The Morgan fingerprint density at radius 2 is 1.44 bits per heavy atom. The molecular weight excluding hydrogens is 334 g/mol. The van der Waals surface area contributed by atoms with Crippen molar-refractivity contribution in [1.29, 1.82) is 0 Å². The zero-order chi connectivity index (χ0) is 18.5. The Morgan fingerprint density at radius 1 is 0.778 bits per heavy atom. The highest BCUT2D eigenvalue weighted by Crippen LogP contribution is 2.21. The Morgan fingerprint density at radius 3 is 2.15 bits per heavy atom. The van der Waals surface area contributed by atoms with E-state index in [1.54, 1.807) is 4.68 Å². The van der Waals surface area contributed by atoms with Crippen molar-refractivity contribution in [1.82, 2.24) is 20.2 Å². The second-order valence-electron chi connectivity index (χ2n) is 6.52. The Kier molecular flexibility index (Phi) is 4.92. The van der Waals surface area contributed by atoms with Crippen LogP contribution in [0.4, 0.5) is 5.69 Å². The molecule has 0 spiro atoms. The van der Waals surface area contributed by atoms with Crippen molar-refractivity contribution in [2.24, 2.45) is 0 Å². The van der Waals surface area contributed by atoms with Crippen LogP contribution in [0.25, 0.3) is 5.69 Å². The Hall–Kier alpha value is -3.47. The van der Waals surface area contributed by atoms with Crippen molar-refractivity contribution in [2.45, 2.75) is 20.0 Å². The highest BCUT2D eigenvalue weighted by molar-refractivity contribution is 5.48. The molecule has 0 saturated heterocycles. The summed E-state index contributed by atoms with van der Waals surface area (Å²) < 4.78 is 1.80. The number of benzene rings is 3.